The number of H-pyrrole nitrogens is 2. The first-order valence-corrected chi connectivity index (χ1v) is 17.4. The van der Waals surface area contributed by atoms with Crippen LogP contribution in [0.5, 0.6) is 11.5 Å². The van der Waals surface area contributed by atoms with Gasteiger partial charge in [0.2, 0.25) is 0 Å². The highest BCUT2D eigenvalue weighted by atomic mass is 16.6. The predicted octanol–water partition coefficient (Wildman–Crippen LogP) is 7.15. The van der Waals surface area contributed by atoms with Gasteiger partial charge in [-0.15, -0.1) is 0 Å². The minimum absolute atomic E-state index is 0.336. The molecule has 268 valence electrons. The van der Waals surface area contributed by atoms with E-state index in [0.29, 0.717) is 69.4 Å². The Balaban J connectivity index is 1.29. The first-order chi connectivity index (χ1) is 24.3. The molecule has 0 bridgehead atoms. The number of benzene rings is 2. The maximum absolute atomic E-state index is 13.0. The summed E-state index contributed by atoms with van der Waals surface area (Å²) in [6.45, 7) is 8.36. The van der Waals surface area contributed by atoms with Crippen LogP contribution < -0.4 is 9.47 Å². The fourth-order valence-electron chi connectivity index (χ4n) is 6.47. The van der Waals surface area contributed by atoms with E-state index in [1.165, 1.54) is 12.8 Å². The Labute approximate surface area is 293 Å². The summed E-state index contributed by atoms with van der Waals surface area (Å²) < 4.78 is 34.8. The number of morpholine rings is 1. The van der Waals surface area contributed by atoms with E-state index in [1.807, 2.05) is 39.1 Å². The van der Waals surface area contributed by atoms with Crippen molar-refractivity contribution in [1.29, 1.82) is 0 Å². The van der Waals surface area contributed by atoms with Gasteiger partial charge in [0, 0.05) is 37.8 Å². The number of nitrogens with zero attached hydrogens (tertiary/aromatic N) is 3. The number of nitrogens with one attached hydrogen (secondary N) is 2. The zero-order valence-electron chi connectivity index (χ0n) is 29.8. The second kappa shape index (κ2) is 16.1. The minimum Gasteiger partial charge on any atom is -0.487 e. The third kappa shape index (κ3) is 8.31. The van der Waals surface area contributed by atoms with Gasteiger partial charge < -0.3 is 38.4 Å². The lowest BCUT2D eigenvalue weighted by Crippen LogP contribution is -2.46. The third-order valence-electron chi connectivity index (χ3n) is 8.98. The van der Waals surface area contributed by atoms with Gasteiger partial charge in [0.05, 0.1) is 50.2 Å². The lowest BCUT2D eigenvalue weighted by molar-refractivity contribution is -0.0349. The summed E-state index contributed by atoms with van der Waals surface area (Å²) in [4.78, 5) is 31.1. The predicted molar refractivity (Wildman–Crippen MR) is 189 cm³/mol. The number of ether oxygens (including phenoxy) is 6. The summed E-state index contributed by atoms with van der Waals surface area (Å²) in [7, 11) is 3.31. The van der Waals surface area contributed by atoms with Crippen molar-refractivity contribution >= 4 is 6.09 Å². The standard InChI is InChI=1S/C38H49N5O7/c1-38(2,3)50-37(44)43-16-17-47-24-32(43)36-40-22-30(41-36)26-12-10-25(11-13-26)28-14-15-29(31-23-39-35(42-31)27-8-6-7-9-27)34(49-21-19-46-5)33(28)48-20-18-45-4/h10-15,22-23,27,32H,6-9,16-21,24H2,1-5H3,(H,39,42)(H,40,41). The molecule has 12 heteroatoms. The smallest absolute Gasteiger partial charge is 0.411 e. The molecule has 2 aromatic carbocycles. The van der Waals surface area contributed by atoms with Crippen LogP contribution in [0.4, 0.5) is 4.79 Å². The molecule has 1 aliphatic heterocycles. The SMILES string of the molecule is COCCOc1c(-c2ccc(-c3cnc(C4COCCN4C(=O)OC(C)(C)C)[nH]3)cc2)ccc(-c2cnc(C3CCCC3)[nH]2)c1OCCOC. The van der Waals surface area contributed by atoms with E-state index < -0.39 is 5.60 Å². The van der Waals surface area contributed by atoms with Gasteiger partial charge in [-0.05, 0) is 56.9 Å². The van der Waals surface area contributed by atoms with Crippen LogP contribution in [0.3, 0.4) is 0 Å². The molecule has 2 aliphatic rings. The normalized spacial score (nSPS) is 16.9. The van der Waals surface area contributed by atoms with E-state index in [1.54, 1.807) is 25.3 Å². The number of carbonyl (C=O) groups excluding carboxylic acids is 1. The van der Waals surface area contributed by atoms with Crippen LogP contribution in [0.15, 0.2) is 48.8 Å². The lowest BCUT2D eigenvalue weighted by Gasteiger charge is -2.35. The molecule has 3 heterocycles. The highest BCUT2D eigenvalue weighted by Gasteiger charge is 2.34. The van der Waals surface area contributed by atoms with Crippen LogP contribution in [-0.4, -0.2) is 96.9 Å². The van der Waals surface area contributed by atoms with E-state index in [9.17, 15) is 4.79 Å². The molecule has 6 rings (SSSR count). The Kier molecular flexibility index (Phi) is 11.4. The highest BCUT2D eigenvalue weighted by molar-refractivity contribution is 5.83. The van der Waals surface area contributed by atoms with E-state index in [0.717, 1.165) is 52.3 Å². The van der Waals surface area contributed by atoms with Crippen molar-refractivity contribution in [3.05, 3.63) is 60.4 Å². The second-order valence-electron chi connectivity index (χ2n) is 13.7. The Morgan fingerprint density at radius 2 is 1.42 bits per heavy atom. The largest absolute Gasteiger partial charge is 0.487 e. The van der Waals surface area contributed by atoms with Crippen LogP contribution in [0.1, 0.15) is 70.1 Å². The molecule has 2 N–H and O–H groups in total. The Hall–Kier alpha value is -4.39. The van der Waals surface area contributed by atoms with Gasteiger partial charge in [-0.1, -0.05) is 37.1 Å². The monoisotopic (exact) mass is 687 g/mol. The van der Waals surface area contributed by atoms with Gasteiger partial charge in [0.25, 0.3) is 0 Å². The van der Waals surface area contributed by atoms with Crippen molar-refractivity contribution in [3.63, 3.8) is 0 Å². The molecular formula is C38H49N5O7. The number of imidazole rings is 2. The van der Waals surface area contributed by atoms with Gasteiger partial charge in [0.1, 0.15) is 36.5 Å². The van der Waals surface area contributed by atoms with Gasteiger partial charge in [-0.2, -0.15) is 0 Å². The van der Waals surface area contributed by atoms with E-state index >= 15 is 0 Å². The minimum atomic E-state index is -0.598. The molecule has 4 aromatic rings. The lowest BCUT2D eigenvalue weighted by atomic mass is 9.98. The van der Waals surface area contributed by atoms with Gasteiger partial charge in [0.15, 0.2) is 11.5 Å². The molecule has 2 aromatic heterocycles. The zero-order valence-corrected chi connectivity index (χ0v) is 29.8. The van der Waals surface area contributed by atoms with Crippen LogP contribution in [0, 0.1) is 0 Å². The number of amides is 1. The van der Waals surface area contributed by atoms with Crippen molar-refractivity contribution in [2.24, 2.45) is 0 Å². The maximum atomic E-state index is 13.0. The van der Waals surface area contributed by atoms with E-state index in [4.69, 9.17) is 33.4 Å². The summed E-state index contributed by atoms with van der Waals surface area (Å²) in [5, 5.41) is 0. The quantitative estimate of drug-likeness (QED) is 0.141. The summed E-state index contributed by atoms with van der Waals surface area (Å²) in [5.41, 5.74) is 4.78. The molecule has 1 unspecified atom stereocenters. The average molecular weight is 688 g/mol. The summed E-state index contributed by atoms with van der Waals surface area (Å²) >= 11 is 0. The summed E-state index contributed by atoms with van der Waals surface area (Å²) in [6, 6.07) is 11.9. The van der Waals surface area contributed by atoms with Gasteiger partial charge >= 0.3 is 6.09 Å². The fraction of sp³-hybridized carbons (Fsp3) is 0.500. The third-order valence-corrected chi connectivity index (χ3v) is 8.98. The van der Waals surface area contributed by atoms with Crippen molar-refractivity contribution in [2.45, 2.75) is 64.0 Å². The van der Waals surface area contributed by atoms with Crippen LogP contribution in [0.25, 0.3) is 33.6 Å². The van der Waals surface area contributed by atoms with Crippen molar-refractivity contribution in [1.82, 2.24) is 24.8 Å². The van der Waals surface area contributed by atoms with Gasteiger partial charge in [-0.3, -0.25) is 4.90 Å². The number of methoxy groups -OCH3 is 2. The molecule has 2 fully saturated rings. The van der Waals surface area contributed by atoms with Crippen molar-refractivity contribution in [2.75, 3.05) is 60.4 Å². The Morgan fingerprint density at radius 3 is 2.10 bits per heavy atom. The fourth-order valence-corrected chi connectivity index (χ4v) is 6.47. The molecule has 1 atom stereocenters. The Morgan fingerprint density at radius 1 is 0.820 bits per heavy atom. The molecule has 1 aliphatic carbocycles. The number of hydrogen-bond donors (Lipinski definition) is 2. The average Bonchev–Trinajstić information content (AvgIpc) is 3.91. The maximum Gasteiger partial charge on any atom is 0.411 e. The molecule has 1 saturated heterocycles. The first-order valence-electron chi connectivity index (χ1n) is 17.4. The highest BCUT2D eigenvalue weighted by Crippen LogP contribution is 2.45. The molecule has 0 spiro atoms. The van der Waals surface area contributed by atoms with Crippen LogP contribution in [-0.2, 0) is 18.9 Å². The van der Waals surface area contributed by atoms with E-state index in [-0.39, 0.29) is 12.1 Å². The molecule has 0 radical (unpaired) electrons. The van der Waals surface area contributed by atoms with Crippen LogP contribution in [0.2, 0.25) is 0 Å². The van der Waals surface area contributed by atoms with Crippen molar-refractivity contribution < 1.29 is 33.2 Å². The molecule has 1 amide bonds. The summed E-state index contributed by atoms with van der Waals surface area (Å²) in [5.74, 6) is 3.39. The number of aromatic nitrogens is 4. The topological polar surface area (TPSA) is 133 Å². The second-order valence-corrected chi connectivity index (χ2v) is 13.7. The van der Waals surface area contributed by atoms with Gasteiger partial charge in [-0.25, -0.2) is 14.8 Å². The molecular weight excluding hydrogens is 638 g/mol. The number of hydrogen-bond acceptors (Lipinski definition) is 9. The van der Waals surface area contributed by atoms with Crippen LogP contribution >= 0.6 is 0 Å². The van der Waals surface area contributed by atoms with E-state index in [2.05, 4.69) is 39.2 Å². The number of aromatic amines is 2. The Bertz CT molecular complexity index is 1710. The first kappa shape index (κ1) is 35.4. The summed E-state index contributed by atoms with van der Waals surface area (Å²) in [6.07, 6.45) is 8.08. The molecule has 12 nitrogen and oxygen atoms in total. The van der Waals surface area contributed by atoms with Crippen molar-refractivity contribution in [3.8, 4) is 45.1 Å². The number of rotatable bonds is 13. The zero-order chi connectivity index (χ0) is 35.1. The number of carbonyl (C=O) groups is 1. The molecule has 1 saturated carbocycles. The molecule has 50 heavy (non-hydrogen) atoms.